The van der Waals surface area contributed by atoms with Crippen LogP contribution >= 0.6 is 0 Å². The van der Waals surface area contributed by atoms with Crippen molar-refractivity contribution >= 4 is 5.91 Å². The maximum Gasteiger partial charge on any atom is 0.270 e. The lowest BCUT2D eigenvalue weighted by atomic mass is 9.95. The van der Waals surface area contributed by atoms with Crippen LogP contribution in [0.15, 0.2) is 42.6 Å². The second-order valence-corrected chi connectivity index (χ2v) is 8.57. The van der Waals surface area contributed by atoms with E-state index < -0.39 is 0 Å². The summed E-state index contributed by atoms with van der Waals surface area (Å²) in [6.07, 6.45) is 6.46. The second kappa shape index (κ2) is 9.59. The zero-order chi connectivity index (χ0) is 20.1. The summed E-state index contributed by atoms with van der Waals surface area (Å²) in [6, 6.07) is 12.4. The molecule has 156 valence electrons. The predicted molar refractivity (Wildman–Crippen MR) is 115 cm³/mol. The van der Waals surface area contributed by atoms with E-state index in [2.05, 4.69) is 41.1 Å². The summed E-state index contributed by atoms with van der Waals surface area (Å²) in [5.74, 6) is 0.663. The quantitative estimate of drug-likeness (QED) is 0.775. The van der Waals surface area contributed by atoms with E-state index in [0.29, 0.717) is 18.2 Å². The highest BCUT2D eigenvalue weighted by molar-refractivity contribution is 5.92. The van der Waals surface area contributed by atoms with Crippen LogP contribution in [0.5, 0.6) is 0 Å². The van der Waals surface area contributed by atoms with E-state index in [9.17, 15) is 4.79 Å². The minimum atomic E-state index is 0.104. The zero-order valence-electron chi connectivity index (χ0n) is 17.5. The smallest absolute Gasteiger partial charge is 0.270 e. The predicted octanol–water partition coefficient (Wildman–Crippen LogP) is 3.86. The molecule has 0 saturated carbocycles. The monoisotopic (exact) mass is 395 g/mol. The van der Waals surface area contributed by atoms with Crippen molar-refractivity contribution in [2.24, 2.45) is 5.92 Å². The van der Waals surface area contributed by atoms with E-state index in [4.69, 9.17) is 4.74 Å². The lowest BCUT2D eigenvalue weighted by Gasteiger charge is -2.35. The van der Waals surface area contributed by atoms with Crippen molar-refractivity contribution < 1.29 is 9.53 Å². The van der Waals surface area contributed by atoms with Gasteiger partial charge >= 0.3 is 0 Å². The second-order valence-electron chi connectivity index (χ2n) is 8.57. The molecule has 5 nitrogen and oxygen atoms in total. The first-order valence-electron chi connectivity index (χ1n) is 11.0. The zero-order valence-corrected chi connectivity index (χ0v) is 17.5. The summed E-state index contributed by atoms with van der Waals surface area (Å²) in [4.78, 5) is 20.7. The molecule has 1 atom stereocenters. The molecule has 4 rings (SSSR count). The van der Waals surface area contributed by atoms with Crippen molar-refractivity contribution in [3.05, 3.63) is 59.4 Å². The van der Waals surface area contributed by atoms with Gasteiger partial charge in [-0.05, 0) is 74.9 Å². The molecule has 1 aromatic heterocycles. The minimum absolute atomic E-state index is 0.104. The highest BCUT2D eigenvalue weighted by Gasteiger charge is 2.28. The average molecular weight is 396 g/mol. The number of piperidine rings is 1. The van der Waals surface area contributed by atoms with Crippen molar-refractivity contribution in [2.75, 3.05) is 32.8 Å². The van der Waals surface area contributed by atoms with E-state index in [-0.39, 0.29) is 12.0 Å². The SMILES string of the molecule is Cc1ccccc1CN1CCC(CN(CC2CCCO2)C(=O)c2ccc[nH]2)CC1. The number of H-pyrrole nitrogens is 1. The molecule has 2 aliphatic rings. The lowest BCUT2D eigenvalue weighted by Crippen LogP contribution is -2.43. The third-order valence-electron chi connectivity index (χ3n) is 6.40. The first-order chi connectivity index (χ1) is 14.2. The molecule has 2 saturated heterocycles. The van der Waals surface area contributed by atoms with Crippen molar-refractivity contribution in [1.29, 1.82) is 0 Å². The third-order valence-corrected chi connectivity index (χ3v) is 6.40. The molecule has 2 fully saturated rings. The Balaban J connectivity index is 1.33. The highest BCUT2D eigenvalue weighted by atomic mass is 16.5. The molecule has 1 aromatic carbocycles. The van der Waals surface area contributed by atoms with Crippen LogP contribution in [-0.2, 0) is 11.3 Å². The van der Waals surface area contributed by atoms with Gasteiger partial charge in [-0.25, -0.2) is 0 Å². The van der Waals surface area contributed by atoms with Gasteiger partial charge in [-0.15, -0.1) is 0 Å². The topological polar surface area (TPSA) is 48.6 Å². The van der Waals surface area contributed by atoms with E-state index in [1.807, 2.05) is 23.2 Å². The van der Waals surface area contributed by atoms with Crippen molar-refractivity contribution in [1.82, 2.24) is 14.8 Å². The van der Waals surface area contributed by atoms with Gasteiger partial charge in [-0.2, -0.15) is 0 Å². The average Bonchev–Trinajstić information content (AvgIpc) is 3.44. The van der Waals surface area contributed by atoms with Crippen LogP contribution < -0.4 is 0 Å². The van der Waals surface area contributed by atoms with Crippen LogP contribution in [0.1, 0.15) is 47.3 Å². The summed E-state index contributed by atoms with van der Waals surface area (Å²) in [6.45, 7) is 7.79. The summed E-state index contributed by atoms with van der Waals surface area (Å²) in [5, 5.41) is 0. The van der Waals surface area contributed by atoms with Crippen molar-refractivity contribution in [3.8, 4) is 0 Å². The van der Waals surface area contributed by atoms with Crippen LogP contribution in [-0.4, -0.2) is 59.6 Å². The number of aromatic amines is 1. The fourth-order valence-corrected chi connectivity index (χ4v) is 4.58. The number of aromatic nitrogens is 1. The summed E-state index contributed by atoms with van der Waals surface area (Å²) in [5.41, 5.74) is 3.47. The Labute approximate surface area is 174 Å². The molecule has 1 unspecified atom stereocenters. The molecule has 3 heterocycles. The Morgan fingerprint density at radius 3 is 2.66 bits per heavy atom. The fraction of sp³-hybridized carbons (Fsp3) is 0.542. The number of nitrogens with one attached hydrogen (secondary N) is 1. The van der Waals surface area contributed by atoms with Crippen LogP contribution in [0.25, 0.3) is 0 Å². The van der Waals surface area contributed by atoms with Gasteiger partial charge in [-0.1, -0.05) is 24.3 Å². The minimum Gasteiger partial charge on any atom is -0.376 e. The molecule has 0 bridgehead atoms. The fourth-order valence-electron chi connectivity index (χ4n) is 4.58. The van der Waals surface area contributed by atoms with Crippen molar-refractivity contribution in [2.45, 2.75) is 45.3 Å². The Morgan fingerprint density at radius 2 is 1.97 bits per heavy atom. The molecule has 0 spiro atoms. The number of benzene rings is 1. The van der Waals surface area contributed by atoms with E-state index in [1.165, 1.54) is 11.1 Å². The van der Waals surface area contributed by atoms with Crippen LogP contribution in [0.2, 0.25) is 0 Å². The Morgan fingerprint density at radius 1 is 1.14 bits per heavy atom. The summed E-state index contributed by atoms with van der Waals surface area (Å²) < 4.78 is 5.82. The molecule has 29 heavy (non-hydrogen) atoms. The van der Waals surface area contributed by atoms with Gasteiger partial charge in [0.25, 0.3) is 5.91 Å². The largest absolute Gasteiger partial charge is 0.376 e. The highest BCUT2D eigenvalue weighted by Crippen LogP contribution is 2.23. The molecule has 0 aliphatic carbocycles. The van der Waals surface area contributed by atoms with Crippen LogP contribution in [0.4, 0.5) is 0 Å². The number of rotatable bonds is 7. The molecule has 0 radical (unpaired) electrons. The molecule has 1 amide bonds. The summed E-state index contributed by atoms with van der Waals surface area (Å²) >= 11 is 0. The Hall–Kier alpha value is -2.11. The van der Waals surface area contributed by atoms with E-state index in [0.717, 1.165) is 58.5 Å². The third kappa shape index (κ3) is 5.28. The van der Waals surface area contributed by atoms with E-state index in [1.54, 1.807) is 0 Å². The van der Waals surface area contributed by atoms with Crippen LogP contribution in [0, 0.1) is 12.8 Å². The number of likely N-dealkylation sites (tertiary alicyclic amines) is 1. The number of carbonyl (C=O) groups excluding carboxylic acids is 1. The Kier molecular flexibility index (Phi) is 6.67. The maximum atomic E-state index is 13.0. The number of hydrogen-bond acceptors (Lipinski definition) is 3. The van der Waals surface area contributed by atoms with Gasteiger partial charge in [0.15, 0.2) is 0 Å². The Bertz CT molecular complexity index is 775. The number of nitrogens with zero attached hydrogens (tertiary/aromatic N) is 2. The van der Waals surface area contributed by atoms with Gasteiger partial charge in [0.05, 0.1) is 6.10 Å². The number of amides is 1. The molecule has 1 N–H and O–H groups in total. The first kappa shape index (κ1) is 20.2. The standard InChI is InChI=1S/C24H33N3O2/c1-19-6-2-3-7-21(19)17-26-13-10-20(11-14-26)16-27(18-22-8-5-15-29-22)24(28)23-9-4-12-25-23/h2-4,6-7,9,12,20,22,25H,5,8,10-11,13-18H2,1H3. The summed E-state index contributed by atoms with van der Waals surface area (Å²) in [7, 11) is 0. The number of carbonyl (C=O) groups is 1. The van der Waals surface area contributed by atoms with E-state index >= 15 is 0 Å². The van der Waals surface area contributed by atoms with Crippen LogP contribution in [0.3, 0.4) is 0 Å². The molecule has 5 heteroatoms. The van der Waals surface area contributed by atoms with Gasteiger partial charge in [-0.3, -0.25) is 9.69 Å². The number of hydrogen-bond donors (Lipinski definition) is 1. The van der Waals surface area contributed by atoms with Gasteiger partial charge < -0.3 is 14.6 Å². The lowest BCUT2D eigenvalue weighted by molar-refractivity contribution is 0.0441. The maximum absolute atomic E-state index is 13.0. The molecular formula is C24H33N3O2. The molecule has 2 aromatic rings. The van der Waals surface area contributed by atoms with Crippen molar-refractivity contribution in [3.63, 3.8) is 0 Å². The number of aryl methyl sites for hydroxylation is 1. The normalized spacial score (nSPS) is 20.8. The number of ether oxygens (including phenoxy) is 1. The molecular weight excluding hydrogens is 362 g/mol. The van der Waals surface area contributed by atoms with Gasteiger partial charge in [0, 0.05) is 32.4 Å². The van der Waals surface area contributed by atoms with Gasteiger partial charge in [0.2, 0.25) is 0 Å². The van der Waals surface area contributed by atoms with Gasteiger partial charge in [0.1, 0.15) is 5.69 Å². The molecule has 2 aliphatic heterocycles. The first-order valence-corrected chi connectivity index (χ1v) is 11.0.